The molecule has 4 bridgehead atoms. The second-order valence-electron chi connectivity index (χ2n) is 8.30. The normalized spacial score (nSPS) is 48.0. The summed E-state index contributed by atoms with van der Waals surface area (Å²) in [6.45, 7) is 2.16. The first-order valence-electron chi connectivity index (χ1n) is 8.50. The molecule has 5 aliphatic carbocycles. The topological polar surface area (TPSA) is 66.4 Å². The molecule has 21 heavy (non-hydrogen) atoms. The summed E-state index contributed by atoms with van der Waals surface area (Å²) in [5.41, 5.74) is 0.304. The molecule has 0 aliphatic heterocycles. The van der Waals surface area contributed by atoms with Crippen molar-refractivity contribution in [3.8, 4) is 0 Å². The van der Waals surface area contributed by atoms with E-state index in [1.54, 1.807) is 0 Å². The second-order valence-corrected chi connectivity index (χ2v) is 8.30. The van der Waals surface area contributed by atoms with E-state index in [1.165, 1.54) is 38.5 Å². The molecule has 4 heteroatoms. The standard InChI is InChI=1S/C17H25NO3/c1-9(18-15(19)13-5-14(13)16(20)21)17-6-10-2-11(7-17)4-12(3-10)8-17/h9-14H,2-8H2,1H3,(H,18,19)(H,20,21). The van der Waals surface area contributed by atoms with Crippen LogP contribution in [-0.4, -0.2) is 23.0 Å². The number of hydrogen-bond acceptors (Lipinski definition) is 2. The Balaban J connectivity index is 1.42. The summed E-state index contributed by atoms with van der Waals surface area (Å²) in [4.78, 5) is 23.2. The Morgan fingerprint density at radius 2 is 1.52 bits per heavy atom. The molecule has 5 saturated carbocycles. The molecule has 116 valence electrons. The minimum Gasteiger partial charge on any atom is -0.481 e. The van der Waals surface area contributed by atoms with E-state index in [-0.39, 0.29) is 17.9 Å². The van der Waals surface area contributed by atoms with Crippen LogP contribution in [0.5, 0.6) is 0 Å². The van der Waals surface area contributed by atoms with Crippen LogP contribution in [0.15, 0.2) is 0 Å². The van der Waals surface area contributed by atoms with Gasteiger partial charge in [-0.2, -0.15) is 0 Å². The van der Waals surface area contributed by atoms with Crippen LogP contribution in [0.4, 0.5) is 0 Å². The van der Waals surface area contributed by atoms with Gasteiger partial charge in [0, 0.05) is 6.04 Å². The summed E-state index contributed by atoms with van der Waals surface area (Å²) in [5, 5.41) is 12.1. The lowest BCUT2D eigenvalue weighted by molar-refractivity contribution is -0.140. The van der Waals surface area contributed by atoms with Crippen LogP contribution in [0.25, 0.3) is 0 Å². The molecule has 0 aromatic rings. The zero-order chi connectivity index (χ0) is 14.8. The molecule has 0 saturated heterocycles. The van der Waals surface area contributed by atoms with Crippen molar-refractivity contribution in [1.29, 1.82) is 0 Å². The monoisotopic (exact) mass is 291 g/mol. The highest BCUT2D eigenvalue weighted by atomic mass is 16.4. The van der Waals surface area contributed by atoms with Crippen LogP contribution < -0.4 is 5.32 Å². The second kappa shape index (κ2) is 4.47. The lowest BCUT2D eigenvalue weighted by Gasteiger charge is -2.59. The number of carboxylic acid groups (broad SMARTS) is 1. The summed E-state index contributed by atoms with van der Waals surface area (Å²) < 4.78 is 0. The number of carboxylic acids is 1. The van der Waals surface area contributed by atoms with Gasteiger partial charge in [-0.15, -0.1) is 0 Å². The van der Waals surface area contributed by atoms with Crippen LogP contribution in [0.3, 0.4) is 0 Å². The van der Waals surface area contributed by atoms with E-state index in [4.69, 9.17) is 5.11 Å². The minimum atomic E-state index is -0.822. The van der Waals surface area contributed by atoms with Crippen molar-refractivity contribution < 1.29 is 14.7 Å². The molecule has 3 unspecified atom stereocenters. The van der Waals surface area contributed by atoms with Crippen LogP contribution in [0.2, 0.25) is 0 Å². The maximum atomic E-state index is 12.2. The fourth-order valence-corrected chi connectivity index (χ4v) is 5.94. The third-order valence-corrected chi connectivity index (χ3v) is 6.81. The largest absolute Gasteiger partial charge is 0.481 e. The molecular weight excluding hydrogens is 266 g/mol. The highest BCUT2D eigenvalue weighted by Gasteiger charge is 2.54. The zero-order valence-corrected chi connectivity index (χ0v) is 12.7. The van der Waals surface area contributed by atoms with Crippen molar-refractivity contribution in [2.45, 2.75) is 57.9 Å². The molecule has 0 radical (unpaired) electrons. The number of carbonyl (C=O) groups is 2. The number of amides is 1. The number of hydrogen-bond donors (Lipinski definition) is 2. The van der Waals surface area contributed by atoms with E-state index in [9.17, 15) is 9.59 Å². The van der Waals surface area contributed by atoms with Crippen molar-refractivity contribution >= 4 is 11.9 Å². The molecule has 0 aromatic heterocycles. The quantitative estimate of drug-likeness (QED) is 0.836. The van der Waals surface area contributed by atoms with Gasteiger partial charge in [0.05, 0.1) is 11.8 Å². The molecule has 1 amide bonds. The SMILES string of the molecule is CC(NC(=O)C1CC1C(=O)O)C12CC3CC(CC(C3)C1)C2. The van der Waals surface area contributed by atoms with Crippen molar-refractivity contribution in [2.75, 3.05) is 0 Å². The predicted molar refractivity (Wildman–Crippen MR) is 77.4 cm³/mol. The summed E-state index contributed by atoms with van der Waals surface area (Å²) in [5.74, 6) is 1.07. The first-order valence-corrected chi connectivity index (χ1v) is 8.50. The van der Waals surface area contributed by atoms with Gasteiger partial charge in [-0.3, -0.25) is 9.59 Å². The van der Waals surface area contributed by atoms with E-state index in [2.05, 4.69) is 12.2 Å². The smallest absolute Gasteiger partial charge is 0.307 e. The first kappa shape index (κ1) is 13.6. The molecule has 0 heterocycles. The molecule has 5 fully saturated rings. The Bertz CT molecular complexity index is 451. The fraction of sp³-hybridized carbons (Fsp3) is 0.882. The van der Waals surface area contributed by atoms with Gasteiger partial charge in [0.15, 0.2) is 0 Å². The molecule has 5 rings (SSSR count). The average molecular weight is 291 g/mol. The molecule has 2 N–H and O–H groups in total. The highest BCUT2D eigenvalue weighted by Crippen LogP contribution is 2.61. The maximum Gasteiger partial charge on any atom is 0.307 e. The predicted octanol–water partition coefficient (Wildman–Crippen LogP) is 2.43. The summed E-state index contributed by atoms with van der Waals surface area (Å²) in [6, 6.07) is 0.202. The zero-order valence-electron chi connectivity index (χ0n) is 12.7. The Morgan fingerprint density at radius 3 is 1.95 bits per heavy atom. The molecule has 3 atom stereocenters. The number of aliphatic carboxylic acids is 1. The molecular formula is C17H25NO3. The highest BCUT2D eigenvalue weighted by molar-refractivity contribution is 5.89. The van der Waals surface area contributed by atoms with E-state index in [1.807, 2.05) is 0 Å². The van der Waals surface area contributed by atoms with Crippen LogP contribution in [-0.2, 0) is 9.59 Å². The lowest BCUT2D eigenvalue weighted by Crippen LogP contribution is -2.56. The van der Waals surface area contributed by atoms with Crippen molar-refractivity contribution in [2.24, 2.45) is 35.0 Å². The average Bonchev–Trinajstić information content (AvgIpc) is 3.17. The van der Waals surface area contributed by atoms with Crippen LogP contribution >= 0.6 is 0 Å². The lowest BCUT2D eigenvalue weighted by atomic mass is 9.48. The Labute approximate surface area is 125 Å². The van der Waals surface area contributed by atoms with Crippen LogP contribution in [0, 0.1) is 35.0 Å². The third-order valence-electron chi connectivity index (χ3n) is 6.81. The van der Waals surface area contributed by atoms with Crippen molar-refractivity contribution in [3.05, 3.63) is 0 Å². The van der Waals surface area contributed by atoms with Gasteiger partial charge in [0.25, 0.3) is 0 Å². The third kappa shape index (κ3) is 2.18. The van der Waals surface area contributed by atoms with Gasteiger partial charge in [0.2, 0.25) is 5.91 Å². The van der Waals surface area contributed by atoms with Gasteiger partial charge < -0.3 is 10.4 Å². The Kier molecular flexibility index (Phi) is 2.89. The van der Waals surface area contributed by atoms with Gasteiger partial charge >= 0.3 is 5.97 Å². The molecule has 4 nitrogen and oxygen atoms in total. The van der Waals surface area contributed by atoms with Crippen molar-refractivity contribution in [3.63, 3.8) is 0 Å². The van der Waals surface area contributed by atoms with Gasteiger partial charge in [-0.1, -0.05) is 0 Å². The fourth-order valence-electron chi connectivity index (χ4n) is 5.94. The number of rotatable bonds is 4. The number of nitrogens with one attached hydrogen (secondary N) is 1. The van der Waals surface area contributed by atoms with Gasteiger partial charge in [0.1, 0.15) is 0 Å². The number of carbonyl (C=O) groups excluding carboxylic acids is 1. The minimum absolute atomic E-state index is 0.0226. The molecule has 5 aliphatic rings. The Morgan fingerprint density at radius 1 is 1.00 bits per heavy atom. The van der Waals surface area contributed by atoms with E-state index in [0.29, 0.717) is 11.8 Å². The summed E-state index contributed by atoms with van der Waals surface area (Å²) in [6.07, 6.45) is 8.56. The first-order chi connectivity index (χ1) is 9.97. The Hall–Kier alpha value is -1.06. The molecule has 0 aromatic carbocycles. The van der Waals surface area contributed by atoms with Gasteiger partial charge in [-0.05, 0) is 75.0 Å². The van der Waals surface area contributed by atoms with E-state index in [0.717, 1.165) is 17.8 Å². The van der Waals surface area contributed by atoms with E-state index >= 15 is 0 Å². The molecule has 0 spiro atoms. The van der Waals surface area contributed by atoms with Crippen LogP contribution in [0.1, 0.15) is 51.9 Å². The summed E-state index contributed by atoms with van der Waals surface area (Å²) in [7, 11) is 0. The van der Waals surface area contributed by atoms with E-state index < -0.39 is 11.9 Å². The maximum absolute atomic E-state index is 12.2. The van der Waals surface area contributed by atoms with Gasteiger partial charge in [-0.25, -0.2) is 0 Å². The summed E-state index contributed by atoms with van der Waals surface area (Å²) >= 11 is 0. The van der Waals surface area contributed by atoms with Crippen molar-refractivity contribution in [1.82, 2.24) is 5.32 Å².